The van der Waals surface area contributed by atoms with Gasteiger partial charge in [0.15, 0.2) is 0 Å². The Morgan fingerprint density at radius 3 is 2.55 bits per heavy atom. The zero-order valence-corrected chi connectivity index (χ0v) is 16.7. The number of aryl methyl sites for hydroxylation is 1. The van der Waals surface area contributed by atoms with Crippen LogP contribution in [0.25, 0.3) is 0 Å². The van der Waals surface area contributed by atoms with Crippen molar-refractivity contribution in [2.45, 2.75) is 25.3 Å². The maximum Gasteiger partial charge on any atom is 0.324 e. The second-order valence-corrected chi connectivity index (χ2v) is 8.31. The highest BCUT2D eigenvalue weighted by Crippen LogP contribution is 2.24. The number of primary sulfonamides is 1. The molecule has 1 saturated heterocycles. The first-order valence-corrected chi connectivity index (χ1v) is 10.2. The third-order valence-corrected chi connectivity index (χ3v) is 5.58. The molecular formula is C19H20N4O5S. The number of benzene rings is 2. The Hall–Kier alpha value is -3.24. The third kappa shape index (κ3) is 4.44. The lowest BCUT2D eigenvalue weighted by molar-refractivity contribution is -0.125. The molecule has 0 atom stereocenters. The van der Waals surface area contributed by atoms with E-state index in [1.807, 2.05) is 0 Å². The van der Waals surface area contributed by atoms with Gasteiger partial charge in [0.2, 0.25) is 15.9 Å². The highest BCUT2D eigenvalue weighted by atomic mass is 32.2. The molecular weight excluding hydrogens is 396 g/mol. The molecule has 0 bridgehead atoms. The minimum absolute atomic E-state index is 0.0436. The van der Waals surface area contributed by atoms with Gasteiger partial charge in [0.25, 0.3) is 5.91 Å². The van der Waals surface area contributed by atoms with Gasteiger partial charge in [-0.3, -0.25) is 14.5 Å². The van der Waals surface area contributed by atoms with Gasteiger partial charge in [-0.1, -0.05) is 12.1 Å². The van der Waals surface area contributed by atoms with E-state index in [0.29, 0.717) is 27.9 Å². The van der Waals surface area contributed by atoms with Crippen LogP contribution in [0.15, 0.2) is 41.3 Å². The number of hydrogen-bond acceptors (Lipinski definition) is 5. The van der Waals surface area contributed by atoms with Crippen LogP contribution in [0, 0.1) is 13.8 Å². The molecule has 0 saturated carbocycles. The summed E-state index contributed by atoms with van der Waals surface area (Å²) < 4.78 is 23.3. The number of nitrogens with one attached hydrogen (secondary N) is 2. The molecule has 3 rings (SSSR count). The van der Waals surface area contributed by atoms with Gasteiger partial charge >= 0.3 is 6.03 Å². The number of hydrogen-bond donors (Lipinski definition) is 3. The van der Waals surface area contributed by atoms with E-state index in [9.17, 15) is 22.8 Å². The fraction of sp³-hybridized carbons (Fsp3) is 0.211. The van der Waals surface area contributed by atoms with Gasteiger partial charge in [-0.25, -0.2) is 18.4 Å². The second-order valence-electron chi connectivity index (χ2n) is 6.75. The summed E-state index contributed by atoms with van der Waals surface area (Å²) in [6, 6.07) is 8.77. The SMILES string of the molecule is Cc1cc(S(N)(=O)=O)cc(NC(=O)c2cccc(CN3C(=O)CNC3=O)c2)c1C. The second kappa shape index (κ2) is 7.64. The maximum atomic E-state index is 12.7. The molecule has 0 aliphatic carbocycles. The minimum atomic E-state index is -3.92. The van der Waals surface area contributed by atoms with Crippen molar-refractivity contribution in [2.75, 3.05) is 11.9 Å². The fourth-order valence-corrected chi connectivity index (χ4v) is 3.55. The fourth-order valence-electron chi connectivity index (χ4n) is 2.92. The van der Waals surface area contributed by atoms with Crippen molar-refractivity contribution in [2.24, 2.45) is 5.14 Å². The molecule has 1 fully saturated rings. The number of carbonyl (C=O) groups excluding carboxylic acids is 3. The molecule has 2 aromatic carbocycles. The molecule has 0 spiro atoms. The largest absolute Gasteiger partial charge is 0.329 e. The lowest BCUT2D eigenvalue weighted by atomic mass is 10.1. The van der Waals surface area contributed by atoms with Crippen molar-refractivity contribution in [1.82, 2.24) is 10.2 Å². The smallest absolute Gasteiger partial charge is 0.324 e. The van der Waals surface area contributed by atoms with Crippen LogP contribution in [-0.2, 0) is 21.4 Å². The van der Waals surface area contributed by atoms with Gasteiger partial charge in [0.05, 0.1) is 18.0 Å². The van der Waals surface area contributed by atoms with Gasteiger partial charge in [-0.05, 0) is 54.8 Å². The maximum absolute atomic E-state index is 12.7. The number of carbonyl (C=O) groups is 3. The van der Waals surface area contributed by atoms with Crippen LogP contribution in [0.3, 0.4) is 0 Å². The molecule has 1 aliphatic heterocycles. The molecule has 4 amide bonds. The van der Waals surface area contributed by atoms with Crippen LogP contribution >= 0.6 is 0 Å². The summed E-state index contributed by atoms with van der Waals surface area (Å²) in [5, 5.41) is 10.3. The van der Waals surface area contributed by atoms with Crippen molar-refractivity contribution in [3.8, 4) is 0 Å². The van der Waals surface area contributed by atoms with E-state index in [0.717, 1.165) is 4.90 Å². The Morgan fingerprint density at radius 1 is 1.21 bits per heavy atom. The Morgan fingerprint density at radius 2 is 1.93 bits per heavy atom. The molecule has 1 heterocycles. The van der Waals surface area contributed by atoms with E-state index in [-0.39, 0.29) is 23.9 Å². The molecule has 0 unspecified atom stereocenters. The van der Waals surface area contributed by atoms with Crippen LogP contribution in [0.5, 0.6) is 0 Å². The van der Waals surface area contributed by atoms with Crippen molar-refractivity contribution in [3.05, 3.63) is 58.7 Å². The topological polar surface area (TPSA) is 139 Å². The number of anilines is 1. The van der Waals surface area contributed by atoms with Crippen LogP contribution in [0.4, 0.5) is 10.5 Å². The predicted octanol–water partition coefficient (Wildman–Crippen LogP) is 1.25. The Labute approximate surface area is 167 Å². The van der Waals surface area contributed by atoms with Crippen molar-refractivity contribution >= 4 is 33.6 Å². The van der Waals surface area contributed by atoms with E-state index >= 15 is 0 Å². The highest BCUT2D eigenvalue weighted by Gasteiger charge is 2.28. The van der Waals surface area contributed by atoms with Crippen LogP contribution in [0.2, 0.25) is 0 Å². The summed E-state index contributed by atoms with van der Waals surface area (Å²) in [7, 11) is -3.92. The lowest BCUT2D eigenvalue weighted by Crippen LogP contribution is -2.30. The number of sulfonamides is 1. The minimum Gasteiger partial charge on any atom is -0.329 e. The van der Waals surface area contributed by atoms with Crippen LogP contribution in [-0.4, -0.2) is 37.7 Å². The normalized spacial score (nSPS) is 14.1. The van der Waals surface area contributed by atoms with E-state index < -0.39 is 22.0 Å². The standard InChI is InChI=1S/C19H20N4O5S/c1-11-6-15(29(20,27)28)8-16(12(11)2)22-18(25)14-5-3-4-13(7-14)10-23-17(24)9-21-19(23)26/h3-8H,9-10H2,1-2H3,(H,21,26)(H,22,25)(H2,20,27,28). The third-order valence-electron chi connectivity index (χ3n) is 4.68. The molecule has 10 heteroatoms. The van der Waals surface area contributed by atoms with E-state index in [1.165, 1.54) is 12.1 Å². The molecule has 9 nitrogen and oxygen atoms in total. The first-order chi connectivity index (χ1) is 13.6. The summed E-state index contributed by atoms with van der Waals surface area (Å²) >= 11 is 0. The summed E-state index contributed by atoms with van der Waals surface area (Å²) in [5.74, 6) is -0.797. The Balaban J connectivity index is 1.84. The number of urea groups is 1. The highest BCUT2D eigenvalue weighted by molar-refractivity contribution is 7.89. The zero-order valence-electron chi connectivity index (χ0n) is 15.9. The number of nitrogens with zero attached hydrogens (tertiary/aromatic N) is 1. The van der Waals surface area contributed by atoms with E-state index in [4.69, 9.17) is 5.14 Å². The van der Waals surface area contributed by atoms with E-state index in [2.05, 4.69) is 10.6 Å². The predicted molar refractivity (Wildman–Crippen MR) is 106 cm³/mol. The average Bonchev–Trinajstić information content (AvgIpc) is 2.96. The number of nitrogens with two attached hydrogens (primary N) is 1. The van der Waals surface area contributed by atoms with Gasteiger partial charge in [0, 0.05) is 11.3 Å². The number of amides is 4. The first-order valence-electron chi connectivity index (χ1n) is 8.69. The summed E-state index contributed by atoms with van der Waals surface area (Å²) in [4.78, 5) is 37.1. The van der Waals surface area contributed by atoms with Gasteiger partial charge < -0.3 is 10.6 Å². The Kier molecular flexibility index (Phi) is 5.40. The molecule has 0 aromatic heterocycles. The summed E-state index contributed by atoms with van der Waals surface area (Å²) in [6.07, 6.45) is 0. The first kappa shape index (κ1) is 20.5. The molecule has 4 N–H and O–H groups in total. The molecule has 0 radical (unpaired) electrons. The zero-order chi connectivity index (χ0) is 21.3. The van der Waals surface area contributed by atoms with Crippen LogP contribution < -0.4 is 15.8 Å². The summed E-state index contributed by atoms with van der Waals surface area (Å²) in [6.45, 7) is 3.48. The molecule has 2 aromatic rings. The van der Waals surface area contributed by atoms with Gasteiger partial charge in [-0.2, -0.15) is 0 Å². The Bertz CT molecular complexity index is 1110. The van der Waals surface area contributed by atoms with Crippen molar-refractivity contribution < 1.29 is 22.8 Å². The van der Waals surface area contributed by atoms with Crippen molar-refractivity contribution in [3.63, 3.8) is 0 Å². The molecule has 152 valence electrons. The quantitative estimate of drug-likeness (QED) is 0.630. The monoisotopic (exact) mass is 416 g/mol. The van der Waals surface area contributed by atoms with Gasteiger partial charge in [-0.15, -0.1) is 0 Å². The number of imide groups is 1. The number of rotatable bonds is 5. The van der Waals surface area contributed by atoms with Gasteiger partial charge in [0.1, 0.15) is 0 Å². The lowest BCUT2D eigenvalue weighted by Gasteiger charge is -2.14. The molecule has 29 heavy (non-hydrogen) atoms. The molecule has 1 aliphatic rings. The van der Waals surface area contributed by atoms with E-state index in [1.54, 1.807) is 38.1 Å². The summed E-state index contributed by atoms with van der Waals surface area (Å²) in [5.41, 5.74) is 2.61. The van der Waals surface area contributed by atoms with Crippen LogP contribution in [0.1, 0.15) is 27.0 Å². The average molecular weight is 416 g/mol. The van der Waals surface area contributed by atoms with Crippen molar-refractivity contribution in [1.29, 1.82) is 0 Å².